The van der Waals surface area contributed by atoms with Crippen LogP contribution in [-0.4, -0.2) is 28.0 Å². The van der Waals surface area contributed by atoms with Crippen LogP contribution >= 0.6 is 0 Å². The molecule has 0 spiro atoms. The Morgan fingerprint density at radius 3 is 2.84 bits per heavy atom. The Hall–Kier alpha value is -2.01. The number of nitrogens with one attached hydrogen (secondary N) is 1. The van der Waals surface area contributed by atoms with Crippen LogP contribution < -0.4 is 11.1 Å². The van der Waals surface area contributed by atoms with Crippen LogP contribution in [0.2, 0.25) is 0 Å². The molecule has 19 heavy (non-hydrogen) atoms. The van der Waals surface area contributed by atoms with Crippen LogP contribution in [0, 0.1) is 0 Å². The zero-order valence-electron chi connectivity index (χ0n) is 10.6. The summed E-state index contributed by atoms with van der Waals surface area (Å²) in [6.07, 6.45) is 6.31. The first kappa shape index (κ1) is 12.0. The van der Waals surface area contributed by atoms with E-state index in [0.717, 1.165) is 24.8 Å². The maximum atomic E-state index is 12.2. The number of fused-ring (bicyclic) bond motifs is 1. The molecule has 1 aromatic heterocycles. The van der Waals surface area contributed by atoms with E-state index >= 15 is 0 Å². The van der Waals surface area contributed by atoms with E-state index in [1.54, 1.807) is 18.5 Å². The highest BCUT2D eigenvalue weighted by Crippen LogP contribution is 2.28. The number of para-hydroxylation sites is 1. The third-order valence-electron chi connectivity index (χ3n) is 3.69. The van der Waals surface area contributed by atoms with Crippen LogP contribution in [0.3, 0.4) is 0 Å². The van der Waals surface area contributed by atoms with Crippen molar-refractivity contribution in [3.8, 4) is 0 Å². The molecule has 1 amide bonds. The number of carbonyl (C=O) groups excluding carboxylic acids is 1. The Morgan fingerprint density at radius 1 is 1.32 bits per heavy atom. The largest absolute Gasteiger partial charge is 0.350 e. The van der Waals surface area contributed by atoms with E-state index in [1.807, 2.05) is 12.1 Å². The number of nitrogens with zero attached hydrogens (tertiary/aromatic N) is 2. The summed E-state index contributed by atoms with van der Waals surface area (Å²) in [5.74, 6) is -0.136. The van der Waals surface area contributed by atoms with Crippen LogP contribution in [0.1, 0.15) is 29.6 Å². The minimum atomic E-state index is -0.216. The van der Waals surface area contributed by atoms with Gasteiger partial charge >= 0.3 is 0 Å². The van der Waals surface area contributed by atoms with Crippen molar-refractivity contribution in [3.63, 3.8) is 0 Å². The molecule has 0 saturated heterocycles. The average Bonchev–Trinajstić information content (AvgIpc) is 2.42. The lowest BCUT2D eigenvalue weighted by molar-refractivity contribution is 0.0931. The Labute approximate surface area is 111 Å². The number of hydrogen-bond donors (Lipinski definition) is 2. The van der Waals surface area contributed by atoms with E-state index in [4.69, 9.17) is 5.73 Å². The van der Waals surface area contributed by atoms with Crippen molar-refractivity contribution < 1.29 is 4.79 Å². The highest BCUT2D eigenvalue weighted by atomic mass is 16.1. The van der Waals surface area contributed by atoms with Crippen molar-refractivity contribution >= 4 is 16.9 Å². The second kappa shape index (κ2) is 4.59. The molecule has 3 rings (SSSR count). The molecule has 1 saturated carbocycles. The molecule has 1 aromatic carbocycles. The Morgan fingerprint density at radius 2 is 2.11 bits per heavy atom. The van der Waals surface area contributed by atoms with E-state index in [1.165, 1.54) is 0 Å². The van der Waals surface area contributed by atoms with Crippen molar-refractivity contribution in [2.45, 2.75) is 24.8 Å². The van der Waals surface area contributed by atoms with E-state index in [2.05, 4.69) is 15.3 Å². The molecule has 2 aromatic rings. The highest BCUT2D eigenvalue weighted by Gasteiger charge is 2.32. The average molecular weight is 256 g/mol. The van der Waals surface area contributed by atoms with Gasteiger partial charge in [-0.25, -0.2) is 0 Å². The van der Waals surface area contributed by atoms with Crippen LogP contribution in [-0.2, 0) is 0 Å². The standard InChI is InChI=1S/C14H16N4O/c15-14(5-2-6-14)9-18-13(19)10-3-1-4-11-12(10)17-8-7-16-11/h1,3-4,7-8H,2,5-6,9,15H2,(H,18,19). The van der Waals surface area contributed by atoms with Crippen molar-refractivity contribution in [2.75, 3.05) is 6.54 Å². The SMILES string of the molecule is NC1(CNC(=O)c2cccc3nccnc23)CCC1. The van der Waals surface area contributed by atoms with Gasteiger partial charge in [0.25, 0.3) is 5.91 Å². The molecule has 0 aliphatic heterocycles. The molecule has 1 aliphatic rings. The molecular weight excluding hydrogens is 240 g/mol. The number of aromatic nitrogens is 2. The lowest BCUT2D eigenvalue weighted by Crippen LogP contribution is -2.54. The number of nitrogens with two attached hydrogens (primary N) is 1. The number of hydrogen-bond acceptors (Lipinski definition) is 4. The maximum Gasteiger partial charge on any atom is 0.253 e. The van der Waals surface area contributed by atoms with Crippen molar-refractivity contribution in [1.82, 2.24) is 15.3 Å². The zero-order chi connectivity index (χ0) is 13.3. The monoisotopic (exact) mass is 256 g/mol. The summed E-state index contributed by atoms with van der Waals surface area (Å²) in [5, 5.41) is 2.90. The normalized spacial score (nSPS) is 16.9. The molecular formula is C14H16N4O. The van der Waals surface area contributed by atoms with Gasteiger partial charge in [-0.1, -0.05) is 6.07 Å². The second-order valence-electron chi connectivity index (χ2n) is 5.13. The summed E-state index contributed by atoms with van der Waals surface area (Å²) in [6.45, 7) is 0.516. The molecule has 0 atom stereocenters. The molecule has 1 fully saturated rings. The molecule has 0 unspecified atom stereocenters. The van der Waals surface area contributed by atoms with E-state index in [9.17, 15) is 4.79 Å². The summed E-state index contributed by atoms with van der Waals surface area (Å²) in [4.78, 5) is 20.6. The first-order chi connectivity index (χ1) is 9.18. The third-order valence-corrected chi connectivity index (χ3v) is 3.69. The maximum absolute atomic E-state index is 12.2. The van der Waals surface area contributed by atoms with E-state index in [0.29, 0.717) is 17.6 Å². The summed E-state index contributed by atoms with van der Waals surface area (Å²) >= 11 is 0. The van der Waals surface area contributed by atoms with Gasteiger partial charge in [-0.2, -0.15) is 0 Å². The Kier molecular flexibility index (Phi) is 2.91. The molecule has 5 nitrogen and oxygen atoms in total. The number of rotatable bonds is 3. The molecule has 0 bridgehead atoms. The fraction of sp³-hybridized carbons (Fsp3) is 0.357. The van der Waals surface area contributed by atoms with Crippen molar-refractivity contribution in [1.29, 1.82) is 0 Å². The topological polar surface area (TPSA) is 80.9 Å². The van der Waals surface area contributed by atoms with Gasteiger partial charge in [-0.15, -0.1) is 0 Å². The van der Waals surface area contributed by atoms with Crippen LogP contribution in [0.25, 0.3) is 11.0 Å². The second-order valence-corrected chi connectivity index (χ2v) is 5.13. The van der Waals surface area contributed by atoms with Crippen LogP contribution in [0.4, 0.5) is 0 Å². The van der Waals surface area contributed by atoms with Crippen molar-refractivity contribution in [3.05, 3.63) is 36.2 Å². The third kappa shape index (κ3) is 2.29. The molecule has 1 aliphatic carbocycles. The fourth-order valence-corrected chi connectivity index (χ4v) is 2.34. The van der Waals surface area contributed by atoms with Gasteiger partial charge in [-0.05, 0) is 31.4 Å². The summed E-state index contributed by atoms with van der Waals surface area (Å²) < 4.78 is 0. The summed E-state index contributed by atoms with van der Waals surface area (Å²) in [6, 6.07) is 5.42. The van der Waals surface area contributed by atoms with Gasteiger partial charge in [0.15, 0.2) is 0 Å². The summed E-state index contributed by atoms with van der Waals surface area (Å²) in [7, 11) is 0. The fourth-order valence-electron chi connectivity index (χ4n) is 2.34. The Balaban J connectivity index is 1.81. The van der Waals surface area contributed by atoms with Gasteiger partial charge < -0.3 is 11.1 Å². The zero-order valence-corrected chi connectivity index (χ0v) is 10.6. The number of amides is 1. The quantitative estimate of drug-likeness (QED) is 0.865. The molecule has 3 N–H and O–H groups in total. The van der Waals surface area contributed by atoms with Crippen molar-refractivity contribution in [2.24, 2.45) is 5.73 Å². The molecule has 5 heteroatoms. The van der Waals surface area contributed by atoms with E-state index < -0.39 is 0 Å². The number of carbonyl (C=O) groups is 1. The Bertz CT molecular complexity index is 616. The first-order valence-corrected chi connectivity index (χ1v) is 6.45. The van der Waals surface area contributed by atoms with Gasteiger partial charge in [0.1, 0.15) is 5.52 Å². The predicted molar refractivity (Wildman–Crippen MR) is 72.6 cm³/mol. The molecule has 98 valence electrons. The van der Waals surface area contributed by atoms with Gasteiger partial charge in [-0.3, -0.25) is 14.8 Å². The van der Waals surface area contributed by atoms with E-state index in [-0.39, 0.29) is 11.4 Å². The lowest BCUT2D eigenvalue weighted by atomic mass is 9.78. The smallest absolute Gasteiger partial charge is 0.253 e. The number of benzene rings is 1. The molecule has 0 radical (unpaired) electrons. The molecule has 1 heterocycles. The highest BCUT2D eigenvalue weighted by molar-refractivity contribution is 6.04. The predicted octanol–water partition coefficient (Wildman–Crippen LogP) is 1.24. The van der Waals surface area contributed by atoms with Crippen LogP contribution in [0.15, 0.2) is 30.6 Å². The van der Waals surface area contributed by atoms with Crippen LogP contribution in [0.5, 0.6) is 0 Å². The van der Waals surface area contributed by atoms with Gasteiger partial charge in [0, 0.05) is 24.5 Å². The van der Waals surface area contributed by atoms with Gasteiger partial charge in [0.05, 0.1) is 11.1 Å². The minimum Gasteiger partial charge on any atom is -0.350 e. The van der Waals surface area contributed by atoms with Gasteiger partial charge in [0.2, 0.25) is 0 Å². The summed E-state index contributed by atoms with van der Waals surface area (Å²) in [5.41, 5.74) is 7.78. The minimum absolute atomic E-state index is 0.136. The first-order valence-electron chi connectivity index (χ1n) is 6.45. The lowest BCUT2D eigenvalue weighted by Gasteiger charge is -2.38.